The van der Waals surface area contributed by atoms with Crippen LogP contribution in [0.4, 0.5) is 32.3 Å². The number of β-amino-alcohol motifs (C(OH)–C–C–N with tert-alkyl or cyclic N) is 1. The number of rotatable bonds is 19. The number of anilines is 4. The molecular formula is C75H80N10O8. The maximum Gasteiger partial charge on any atom is 0.319 e. The van der Waals surface area contributed by atoms with Gasteiger partial charge in [0.25, 0.3) is 11.8 Å². The number of hydrogen-bond acceptors (Lipinski definition) is 10. The highest BCUT2D eigenvalue weighted by Gasteiger charge is 2.24. The number of benzene rings is 8. The Bertz CT molecular complexity index is 4150. The molecule has 2 atom stereocenters. The molecule has 478 valence electrons. The Morgan fingerprint density at radius 2 is 0.882 bits per heavy atom. The van der Waals surface area contributed by atoms with E-state index in [1.165, 1.54) is 28.3 Å². The van der Waals surface area contributed by atoms with Crippen molar-refractivity contribution < 1.29 is 38.9 Å². The smallest absolute Gasteiger partial charge is 0.319 e. The molecule has 0 radical (unpaired) electrons. The SMILES string of the molecule is CC(C)NC(=O)Nc1ccc(Oc2ccc(NC(=O)c3ccc(-n4cc(CN5CCCC(O)C5)c5ccccc54)cc3)cc2)cc1.CC(C)NC(=O)Nc1ccc(Oc2ccc(NC(=O)c3ccc(-n4cc(CN5CCCCC5CO)c5ccccc54)cc3)cc2)cc1. The number of likely N-dealkylation sites (tertiary alicyclic amines) is 2. The summed E-state index contributed by atoms with van der Waals surface area (Å²) < 4.78 is 16.2. The molecule has 12 rings (SSSR count). The first-order valence-electron chi connectivity index (χ1n) is 31.8. The number of hydrogen-bond donors (Lipinski definition) is 8. The molecule has 0 aliphatic carbocycles. The number of nitrogens with one attached hydrogen (secondary N) is 6. The number of carbonyl (C=O) groups excluding carboxylic acids is 4. The third kappa shape index (κ3) is 17.0. The van der Waals surface area contributed by atoms with Gasteiger partial charge >= 0.3 is 12.1 Å². The van der Waals surface area contributed by atoms with Crippen LogP contribution in [0.15, 0.2) is 207 Å². The summed E-state index contributed by atoms with van der Waals surface area (Å²) in [6.07, 6.45) is 9.33. The maximum absolute atomic E-state index is 13.1. The molecule has 8 aromatic carbocycles. The Kier molecular flexibility index (Phi) is 20.9. The number of aliphatic hydroxyl groups excluding tert-OH is 2. The van der Waals surface area contributed by atoms with E-state index < -0.39 is 0 Å². The first kappa shape index (κ1) is 64.3. The topological polar surface area (TPSA) is 216 Å². The fraction of sp³-hybridized carbons (Fsp3) is 0.253. The van der Waals surface area contributed by atoms with E-state index in [-0.39, 0.29) is 54.7 Å². The average molecular weight is 1250 g/mol. The lowest BCUT2D eigenvalue weighted by Crippen LogP contribution is -2.41. The molecule has 0 saturated carbocycles. The van der Waals surface area contributed by atoms with Crippen LogP contribution in [0.3, 0.4) is 0 Å². The Labute approximate surface area is 542 Å². The lowest BCUT2D eigenvalue weighted by atomic mass is 10.0. The second kappa shape index (κ2) is 30.3. The van der Waals surface area contributed by atoms with Crippen LogP contribution in [0.5, 0.6) is 23.0 Å². The molecule has 10 aromatic rings. The number of fused-ring (bicyclic) bond motifs is 2. The number of para-hydroxylation sites is 2. The zero-order chi connectivity index (χ0) is 64.8. The number of aromatic nitrogens is 2. The normalized spacial score (nSPS) is 15.1. The van der Waals surface area contributed by atoms with Gasteiger partial charge in [-0.2, -0.15) is 0 Å². The largest absolute Gasteiger partial charge is 0.457 e. The second-order valence-electron chi connectivity index (χ2n) is 24.2. The number of urea groups is 2. The molecule has 2 aromatic heterocycles. The highest BCUT2D eigenvalue weighted by molar-refractivity contribution is 6.05. The Hall–Kier alpha value is -10.2. The number of amides is 6. The summed E-state index contributed by atoms with van der Waals surface area (Å²) in [5, 5.41) is 39.5. The van der Waals surface area contributed by atoms with E-state index in [1.807, 2.05) is 88.4 Å². The Morgan fingerprint density at radius 3 is 1.29 bits per heavy atom. The van der Waals surface area contributed by atoms with Crippen molar-refractivity contribution in [2.24, 2.45) is 0 Å². The third-order valence-corrected chi connectivity index (χ3v) is 16.4. The van der Waals surface area contributed by atoms with Crippen LogP contribution < -0.4 is 41.4 Å². The van der Waals surface area contributed by atoms with Crippen molar-refractivity contribution in [3.8, 4) is 34.4 Å². The van der Waals surface area contributed by atoms with E-state index in [0.717, 1.165) is 74.3 Å². The predicted octanol–water partition coefficient (Wildman–Crippen LogP) is 14.7. The zero-order valence-corrected chi connectivity index (χ0v) is 52.9. The van der Waals surface area contributed by atoms with Crippen LogP contribution in [-0.2, 0) is 13.1 Å². The first-order valence-corrected chi connectivity index (χ1v) is 31.8. The van der Waals surface area contributed by atoms with Crippen molar-refractivity contribution in [2.45, 2.75) is 97.1 Å². The molecule has 0 bridgehead atoms. The Balaban J connectivity index is 0.000000190. The summed E-state index contributed by atoms with van der Waals surface area (Å²) in [5.74, 6) is 2.09. The number of aliphatic hydroxyl groups is 2. The number of ether oxygens (including phenoxy) is 2. The summed E-state index contributed by atoms with van der Waals surface area (Å²) in [6, 6.07) is 60.3. The average Bonchev–Trinajstić information content (AvgIpc) is 1.72. The van der Waals surface area contributed by atoms with Crippen LogP contribution in [0.1, 0.15) is 91.6 Å². The van der Waals surface area contributed by atoms with E-state index >= 15 is 0 Å². The molecular weight excluding hydrogens is 1170 g/mol. The van der Waals surface area contributed by atoms with Gasteiger partial charge in [0.05, 0.1) is 23.7 Å². The van der Waals surface area contributed by atoms with E-state index in [9.17, 15) is 29.4 Å². The molecule has 4 heterocycles. The van der Waals surface area contributed by atoms with Gasteiger partial charge in [-0.1, -0.05) is 42.8 Å². The van der Waals surface area contributed by atoms with Gasteiger partial charge in [-0.15, -0.1) is 0 Å². The van der Waals surface area contributed by atoms with Gasteiger partial charge in [0.15, 0.2) is 0 Å². The minimum absolute atomic E-state index is 0.0491. The van der Waals surface area contributed by atoms with E-state index in [2.05, 4.69) is 99.6 Å². The van der Waals surface area contributed by atoms with Gasteiger partial charge in [-0.25, -0.2) is 9.59 Å². The molecule has 2 unspecified atom stereocenters. The molecule has 18 heteroatoms. The molecule has 2 fully saturated rings. The first-order chi connectivity index (χ1) is 45.2. The number of piperidine rings is 2. The molecule has 93 heavy (non-hydrogen) atoms. The van der Waals surface area contributed by atoms with Crippen LogP contribution in [0, 0.1) is 0 Å². The Morgan fingerprint density at radius 1 is 0.473 bits per heavy atom. The number of nitrogens with zero attached hydrogens (tertiary/aromatic N) is 4. The van der Waals surface area contributed by atoms with Gasteiger partial charge in [0.1, 0.15) is 23.0 Å². The van der Waals surface area contributed by atoms with Crippen molar-refractivity contribution in [2.75, 3.05) is 47.5 Å². The van der Waals surface area contributed by atoms with Gasteiger partial charge in [-0.3, -0.25) is 19.4 Å². The van der Waals surface area contributed by atoms with Crippen molar-refractivity contribution in [1.29, 1.82) is 0 Å². The minimum atomic E-state index is -0.259. The lowest BCUT2D eigenvalue weighted by Gasteiger charge is -2.34. The highest BCUT2D eigenvalue weighted by atomic mass is 16.5. The quantitative estimate of drug-likeness (QED) is 0.0383. The van der Waals surface area contributed by atoms with Crippen molar-refractivity contribution >= 4 is 68.4 Å². The minimum Gasteiger partial charge on any atom is -0.457 e. The monoisotopic (exact) mass is 1250 g/mol. The maximum atomic E-state index is 13.1. The lowest BCUT2D eigenvalue weighted by molar-refractivity contribution is 0.0670. The molecule has 2 saturated heterocycles. The molecule has 6 amide bonds. The van der Waals surface area contributed by atoms with E-state index in [0.29, 0.717) is 63.4 Å². The van der Waals surface area contributed by atoms with Gasteiger partial charge in [-0.05, 0) is 235 Å². The molecule has 2 aliphatic rings. The summed E-state index contributed by atoms with van der Waals surface area (Å²) in [5.41, 5.74) is 10.4. The van der Waals surface area contributed by atoms with Crippen LogP contribution in [0.2, 0.25) is 0 Å². The van der Waals surface area contributed by atoms with Crippen LogP contribution in [0.25, 0.3) is 33.2 Å². The molecule has 18 nitrogen and oxygen atoms in total. The summed E-state index contributed by atoms with van der Waals surface area (Å²) >= 11 is 0. The molecule has 0 spiro atoms. The van der Waals surface area contributed by atoms with Crippen molar-refractivity contribution in [3.05, 3.63) is 229 Å². The second-order valence-corrected chi connectivity index (χ2v) is 24.2. The van der Waals surface area contributed by atoms with E-state index in [1.54, 1.807) is 97.1 Å². The highest BCUT2D eigenvalue weighted by Crippen LogP contribution is 2.32. The van der Waals surface area contributed by atoms with Gasteiger partial charge < -0.3 is 60.7 Å². The van der Waals surface area contributed by atoms with Crippen molar-refractivity contribution in [1.82, 2.24) is 29.6 Å². The standard InChI is InChI=1S/C38H41N5O4.C37H39N5O4/c1-26(2)39-38(46)41-30-14-20-34(21-15-30)47-33-18-12-29(13-19-33)40-37(45)27-10-16-31(17-11-27)43-24-28(35-8-3-4-9-36(35)43)23-42-22-6-5-7-32(42)25-44;1-25(2)38-37(45)40-29-13-19-33(20-14-29)46-32-17-11-28(12-18-32)39-36(44)26-9-15-30(16-10-26)42-23-27(34-7-3-4-8-35(34)42)22-41-21-5-6-31(43)24-41/h3-4,8-21,24,26,32,44H,5-7,22-23,25H2,1-2H3,(H,40,45)(H2,39,41,46);3-4,7-20,23,25,31,43H,5-6,21-22,24H2,1-2H3,(H,39,44)(H2,38,40,45). The molecule has 2 aliphatic heterocycles. The van der Waals surface area contributed by atoms with Crippen LogP contribution >= 0.6 is 0 Å². The predicted molar refractivity (Wildman–Crippen MR) is 369 cm³/mol. The summed E-state index contributed by atoms with van der Waals surface area (Å²) in [7, 11) is 0. The number of carbonyl (C=O) groups is 4. The fourth-order valence-corrected chi connectivity index (χ4v) is 11.8. The van der Waals surface area contributed by atoms with E-state index in [4.69, 9.17) is 9.47 Å². The summed E-state index contributed by atoms with van der Waals surface area (Å²) in [6.45, 7) is 12.1. The van der Waals surface area contributed by atoms with Gasteiger partial charge in [0, 0.05) is 106 Å². The zero-order valence-electron chi connectivity index (χ0n) is 52.9. The third-order valence-electron chi connectivity index (χ3n) is 16.4. The summed E-state index contributed by atoms with van der Waals surface area (Å²) in [4.78, 5) is 54.7. The van der Waals surface area contributed by atoms with Crippen molar-refractivity contribution in [3.63, 3.8) is 0 Å². The fourth-order valence-electron chi connectivity index (χ4n) is 11.8. The van der Waals surface area contributed by atoms with Gasteiger partial charge in [0.2, 0.25) is 0 Å². The molecule has 8 N–H and O–H groups in total. The van der Waals surface area contributed by atoms with Crippen LogP contribution in [-0.4, -0.2) is 103 Å².